The molecule has 2 rings (SSSR count). The van der Waals surface area contributed by atoms with Gasteiger partial charge in [-0.25, -0.2) is 6.61 Å². The van der Waals surface area contributed by atoms with Gasteiger partial charge in [0.15, 0.2) is 0 Å². The average Bonchev–Trinajstić information content (AvgIpc) is 2.62. The van der Waals surface area contributed by atoms with Gasteiger partial charge in [0.25, 0.3) is 0 Å². The van der Waals surface area contributed by atoms with E-state index in [9.17, 15) is 0 Å². The molecule has 1 aromatic carbocycles. The molecule has 1 aliphatic heterocycles. The molecular weight excluding hydrogens is 408 g/mol. The van der Waals surface area contributed by atoms with Crippen molar-refractivity contribution in [1.82, 2.24) is 0 Å². The van der Waals surface area contributed by atoms with Gasteiger partial charge in [-0.15, -0.1) is 17.7 Å². The zero-order chi connectivity index (χ0) is 12.4. The van der Waals surface area contributed by atoms with E-state index in [0.717, 1.165) is 12.0 Å². The first-order valence-corrected chi connectivity index (χ1v) is 7.34. The standard InChI is InChI=1S/C13H15Cl2OS.Cs/c1-8-3-13(16-7-8)17-9(2)10-4-11(14)6-12(15)5-10;/h4-9,13H,3H2,1-2H3;/q-1;+1/t8-,9-,13?;/m1./s1. The topological polar surface area (TPSA) is 9.23 Å². The van der Waals surface area contributed by atoms with Crippen molar-refractivity contribution in [2.75, 3.05) is 0 Å². The summed E-state index contributed by atoms with van der Waals surface area (Å²) >= 11 is 13.8. The van der Waals surface area contributed by atoms with Gasteiger partial charge in [-0.3, -0.25) is 0 Å². The van der Waals surface area contributed by atoms with Crippen molar-refractivity contribution in [1.29, 1.82) is 0 Å². The van der Waals surface area contributed by atoms with Crippen LogP contribution in [0.5, 0.6) is 0 Å². The van der Waals surface area contributed by atoms with E-state index in [0.29, 0.717) is 21.2 Å². The predicted molar refractivity (Wildman–Crippen MR) is 75.4 cm³/mol. The molecule has 1 nitrogen and oxygen atoms in total. The summed E-state index contributed by atoms with van der Waals surface area (Å²) in [5.41, 5.74) is 1.40. The number of rotatable bonds is 3. The second kappa shape index (κ2) is 8.57. The van der Waals surface area contributed by atoms with Gasteiger partial charge in [-0.1, -0.05) is 30.1 Å². The van der Waals surface area contributed by atoms with Gasteiger partial charge < -0.3 is 4.74 Å². The molecule has 1 heterocycles. The second-order valence-corrected chi connectivity index (χ2v) is 6.77. The van der Waals surface area contributed by atoms with E-state index in [1.54, 1.807) is 6.07 Å². The van der Waals surface area contributed by atoms with Crippen molar-refractivity contribution >= 4 is 35.0 Å². The van der Waals surface area contributed by atoms with Gasteiger partial charge in [0.2, 0.25) is 0 Å². The smallest absolute Gasteiger partial charge is 0.542 e. The minimum absolute atomic E-state index is 0. The molecular formula is C13H15Cl2CsOS. The van der Waals surface area contributed by atoms with Crippen LogP contribution in [0, 0.1) is 12.5 Å². The number of hydrogen-bond acceptors (Lipinski definition) is 2. The molecule has 18 heavy (non-hydrogen) atoms. The van der Waals surface area contributed by atoms with Crippen molar-refractivity contribution in [3.05, 3.63) is 40.4 Å². The molecule has 1 aliphatic rings. The first-order chi connectivity index (χ1) is 8.04. The largest absolute Gasteiger partial charge is 1.00 e. The monoisotopic (exact) mass is 422 g/mol. The van der Waals surface area contributed by atoms with Gasteiger partial charge in [-0.05, 0) is 37.1 Å². The Morgan fingerprint density at radius 1 is 1.33 bits per heavy atom. The zero-order valence-electron chi connectivity index (χ0n) is 10.8. The van der Waals surface area contributed by atoms with Gasteiger partial charge in [0, 0.05) is 15.3 Å². The van der Waals surface area contributed by atoms with E-state index in [-0.39, 0.29) is 74.3 Å². The minimum atomic E-state index is 0. The Morgan fingerprint density at radius 3 is 2.44 bits per heavy atom. The van der Waals surface area contributed by atoms with Crippen LogP contribution in [0.4, 0.5) is 0 Å². The number of hydrogen-bond donors (Lipinski definition) is 0. The van der Waals surface area contributed by atoms with Crippen LogP contribution in [0.3, 0.4) is 0 Å². The molecule has 3 atom stereocenters. The van der Waals surface area contributed by atoms with Crippen molar-refractivity contribution in [2.24, 2.45) is 5.92 Å². The fraction of sp³-hybridized carbons (Fsp3) is 0.462. The van der Waals surface area contributed by atoms with E-state index in [1.165, 1.54) is 0 Å². The third kappa shape index (κ3) is 5.51. The summed E-state index contributed by atoms with van der Waals surface area (Å²) in [6.07, 6.45) is 1.07. The number of halogens is 2. The normalized spacial score (nSPS) is 24.7. The first kappa shape index (κ1) is 18.2. The molecule has 1 aromatic rings. The van der Waals surface area contributed by atoms with Crippen molar-refractivity contribution < 1.29 is 73.6 Å². The minimum Gasteiger partial charge on any atom is -0.542 e. The van der Waals surface area contributed by atoms with Crippen LogP contribution in [0.25, 0.3) is 0 Å². The molecule has 0 saturated carbocycles. The van der Waals surface area contributed by atoms with E-state index in [4.69, 9.17) is 27.9 Å². The summed E-state index contributed by atoms with van der Waals surface area (Å²) in [4.78, 5) is 0. The Hall–Kier alpha value is 2.16. The van der Waals surface area contributed by atoms with Crippen LogP contribution in [-0.4, -0.2) is 5.44 Å². The third-order valence-corrected chi connectivity index (χ3v) is 4.46. The van der Waals surface area contributed by atoms with Crippen LogP contribution < -0.4 is 68.9 Å². The summed E-state index contributed by atoms with van der Waals surface area (Å²) < 4.78 is 5.59. The maximum absolute atomic E-state index is 6.00. The van der Waals surface area contributed by atoms with Gasteiger partial charge in [-0.2, -0.15) is 0 Å². The van der Waals surface area contributed by atoms with Crippen LogP contribution in [0.2, 0.25) is 10.0 Å². The fourth-order valence-electron chi connectivity index (χ4n) is 1.84. The number of benzene rings is 1. The summed E-state index contributed by atoms with van der Waals surface area (Å²) in [5.74, 6) is 0.544. The first-order valence-electron chi connectivity index (χ1n) is 5.65. The summed E-state index contributed by atoms with van der Waals surface area (Å²) in [5, 5.41) is 1.70. The summed E-state index contributed by atoms with van der Waals surface area (Å²) in [7, 11) is 0. The van der Waals surface area contributed by atoms with Crippen LogP contribution in [0.1, 0.15) is 31.1 Å². The Morgan fingerprint density at radius 2 is 1.94 bits per heavy atom. The van der Waals surface area contributed by atoms with Crippen LogP contribution >= 0.6 is 35.0 Å². The van der Waals surface area contributed by atoms with Crippen molar-refractivity contribution in [3.63, 3.8) is 0 Å². The Balaban J connectivity index is 0.00000162. The quantitative estimate of drug-likeness (QED) is 0.691. The average molecular weight is 423 g/mol. The Kier molecular flexibility index (Phi) is 8.67. The second-order valence-electron chi connectivity index (χ2n) is 4.40. The molecule has 0 aromatic heterocycles. The SMILES string of the molecule is C[C@H]1[CH-]OC(S[C@H](C)c2cc(Cl)cc(Cl)c2)C1.[Cs+]. The maximum Gasteiger partial charge on any atom is 1.00 e. The molecule has 0 radical (unpaired) electrons. The summed E-state index contributed by atoms with van der Waals surface area (Å²) in [6, 6.07) is 5.69. The molecule has 94 valence electrons. The molecule has 0 aliphatic carbocycles. The Bertz CT molecular complexity index is 382. The van der Waals surface area contributed by atoms with E-state index in [2.05, 4.69) is 13.8 Å². The number of ether oxygens (including phenoxy) is 1. The molecule has 1 fully saturated rings. The summed E-state index contributed by atoms with van der Waals surface area (Å²) in [6.45, 7) is 6.25. The molecule has 0 amide bonds. The number of thioether (sulfide) groups is 1. The van der Waals surface area contributed by atoms with E-state index >= 15 is 0 Å². The Labute approximate surface area is 182 Å². The molecule has 1 unspecified atom stereocenters. The molecule has 0 N–H and O–H groups in total. The van der Waals surface area contributed by atoms with Gasteiger partial charge in [0.05, 0.1) is 5.44 Å². The zero-order valence-corrected chi connectivity index (χ0v) is 19.4. The molecule has 0 bridgehead atoms. The molecule has 0 spiro atoms. The van der Waals surface area contributed by atoms with Gasteiger partial charge in [0.1, 0.15) is 0 Å². The van der Waals surface area contributed by atoms with Gasteiger partial charge >= 0.3 is 68.9 Å². The van der Waals surface area contributed by atoms with E-state index < -0.39 is 0 Å². The maximum atomic E-state index is 6.00. The fourth-order valence-corrected chi connectivity index (χ4v) is 3.67. The van der Waals surface area contributed by atoms with Crippen molar-refractivity contribution in [2.45, 2.75) is 31.0 Å². The third-order valence-electron chi connectivity index (χ3n) is 2.74. The van der Waals surface area contributed by atoms with Crippen molar-refractivity contribution in [3.8, 4) is 0 Å². The van der Waals surface area contributed by atoms with Crippen LogP contribution in [0.15, 0.2) is 18.2 Å². The van der Waals surface area contributed by atoms with E-state index in [1.807, 2.05) is 30.5 Å². The molecule has 1 saturated heterocycles. The predicted octanol–water partition coefficient (Wildman–Crippen LogP) is 2.34. The molecule has 5 heteroatoms. The van der Waals surface area contributed by atoms with Crippen LogP contribution in [-0.2, 0) is 4.74 Å².